The molecule has 0 bridgehead atoms. The van der Waals surface area contributed by atoms with Crippen molar-refractivity contribution < 1.29 is 4.79 Å². The molecule has 1 atom stereocenters. The fourth-order valence-corrected chi connectivity index (χ4v) is 3.37. The molecule has 1 unspecified atom stereocenters. The van der Waals surface area contributed by atoms with E-state index in [9.17, 15) is 10.1 Å². The minimum Gasteiger partial charge on any atom is -0.354 e. The van der Waals surface area contributed by atoms with Gasteiger partial charge in [0.25, 0.3) is 0 Å². The number of hydrogen-bond acceptors (Lipinski definition) is 4. The van der Waals surface area contributed by atoms with Gasteiger partial charge in [-0.3, -0.25) is 0 Å². The number of carbonyl (C=O) groups excluding carboxylic acids is 1. The maximum Gasteiger partial charge on any atom is 0.319 e. The van der Waals surface area contributed by atoms with Gasteiger partial charge in [0, 0.05) is 39.6 Å². The van der Waals surface area contributed by atoms with E-state index in [0.29, 0.717) is 5.56 Å². The number of nitriles is 1. The van der Waals surface area contributed by atoms with E-state index in [4.69, 9.17) is 4.98 Å². The molecule has 1 aliphatic rings. The molecule has 1 aliphatic heterocycles. The molecule has 1 aromatic heterocycles. The Kier molecular flexibility index (Phi) is 4.75. The van der Waals surface area contributed by atoms with Crippen LogP contribution in [-0.2, 0) is 0 Å². The molecule has 0 radical (unpaired) electrons. The van der Waals surface area contributed by atoms with Crippen LogP contribution in [0.2, 0.25) is 0 Å². The Hall–Kier alpha value is -2.81. The van der Waals surface area contributed by atoms with Crippen molar-refractivity contribution in [2.24, 2.45) is 0 Å². The van der Waals surface area contributed by atoms with Gasteiger partial charge in [0.15, 0.2) is 0 Å². The van der Waals surface area contributed by atoms with Crippen LogP contribution in [0.5, 0.6) is 0 Å². The molecule has 1 aromatic carbocycles. The number of carbonyl (C=O) groups is 1. The van der Waals surface area contributed by atoms with Gasteiger partial charge < -0.3 is 14.7 Å². The third-order valence-corrected chi connectivity index (χ3v) is 4.78. The molecule has 2 amide bonds. The first kappa shape index (κ1) is 17.0. The molecular weight excluding hydrogens is 314 g/mol. The summed E-state index contributed by atoms with van der Waals surface area (Å²) < 4.78 is 0. The van der Waals surface area contributed by atoms with Crippen LogP contribution in [-0.4, -0.2) is 61.1 Å². The number of aromatic nitrogens is 1. The molecule has 0 N–H and O–H groups in total. The average molecular weight is 337 g/mol. The van der Waals surface area contributed by atoms with Gasteiger partial charge in [0.05, 0.1) is 23.2 Å². The van der Waals surface area contributed by atoms with Crippen LogP contribution in [0.1, 0.15) is 18.4 Å². The normalized spacial score (nSPS) is 17.2. The van der Waals surface area contributed by atoms with Crippen molar-refractivity contribution in [3.8, 4) is 6.07 Å². The number of likely N-dealkylation sites (N-methyl/N-ethyl adjacent to an activating group) is 1. The minimum atomic E-state index is 0.0102. The maximum absolute atomic E-state index is 12.2. The Morgan fingerprint density at radius 3 is 2.80 bits per heavy atom. The highest BCUT2D eigenvalue weighted by Crippen LogP contribution is 2.26. The monoisotopic (exact) mass is 337 g/mol. The van der Waals surface area contributed by atoms with Crippen molar-refractivity contribution in [1.29, 1.82) is 5.26 Å². The molecule has 1 saturated heterocycles. The first-order valence-electron chi connectivity index (χ1n) is 8.50. The van der Waals surface area contributed by atoms with Crippen LogP contribution < -0.4 is 4.90 Å². The molecule has 0 spiro atoms. The van der Waals surface area contributed by atoms with E-state index in [1.165, 1.54) is 0 Å². The average Bonchev–Trinajstić information content (AvgIpc) is 2.65. The maximum atomic E-state index is 12.2. The number of anilines is 1. The first-order chi connectivity index (χ1) is 12.0. The van der Waals surface area contributed by atoms with Gasteiger partial charge in [-0.15, -0.1) is 0 Å². The lowest BCUT2D eigenvalue weighted by atomic mass is 10.0. The number of nitrogens with zero attached hydrogens (tertiary/aromatic N) is 5. The van der Waals surface area contributed by atoms with Gasteiger partial charge in [0.2, 0.25) is 0 Å². The standard InChI is InChI=1S/C19H23N5O/c1-22(2)19(25)23(3)15-7-6-10-24(13-15)18-11-14(12-20)16-8-4-5-9-17(16)21-18/h4-5,8-9,11,15H,6-7,10,13H2,1-3H3. The lowest BCUT2D eigenvalue weighted by Gasteiger charge is -2.39. The Bertz CT molecular complexity index is 826. The number of piperidine rings is 1. The second kappa shape index (κ2) is 6.98. The summed E-state index contributed by atoms with van der Waals surface area (Å²) in [5, 5.41) is 10.4. The zero-order chi connectivity index (χ0) is 18.0. The summed E-state index contributed by atoms with van der Waals surface area (Å²) in [7, 11) is 5.39. The van der Waals surface area contributed by atoms with Crippen molar-refractivity contribution in [3.63, 3.8) is 0 Å². The number of rotatable bonds is 2. The Morgan fingerprint density at radius 2 is 2.08 bits per heavy atom. The highest BCUT2D eigenvalue weighted by molar-refractivity contribution is 5.86. The lowest BCUT2D eigenvalue weighted by Crippen LogP contribution is -2.51. The molecule has 2 heterocycles. The molecule has 25 heavy (non-hydrogen) atoms. The van der Waals surface area contributed by atoms with Crippen LogP contribution in [0.25, 0.3) is 10.9 Å². The molecular formula is C19H23N5O. The molecule has 130 valence electrons. The van der Waals surface area contributed by atoms with E-state index in [-0.39, 0.29) is 12.1 Å². The van der Waals surface area contributed by atoms with Crippen molar-refractivity contribution in [2.45, 2.75) is 18.9 Å². The highest BCUT2D eigenvalue weighted by Gasteiger charge is 2.27. The number of amides is 2. The molecule has 0 saturated carbocycles. The Labute approximate surface area is 148 Å². The number of para-hydroxylation sites is 1. The summed E-state index contributed by atoms with van der Waals surface area (Å²) in [6.07, 6.45) is 1.97. The quantitative estimate of drug-likeness (QED) is 0.845. The van der Waals surface area contributed by atoms with Crippen LogP contribution >= 0.6 is 0 Å². The van der Waals surface area contributed by atoms with Crippen LogP contribution in [0, 0.1) is 11.3 Å². The summed E-state index contributed by atoms with van der Waals surface area (Å²) in [5.41, 5.74) is 1.47. The number of urea groups is 1. The minimum absolute atomic E-state index is 0.0102. The van der Waals surface area contributed by atoms with Crippen molar-refractivity contribution in [1.82, 2.24) is 14.8 Å². The second-order valence-electron chi connectivity index (χ2n) is 6.69. The number of hydrogen-bond donors (Lipinski definition) is 0. The van der Waals surface area contributed by atoms with E-state index >= 15 is 0 Å². The zero-order valence-electron chi connectivity index (χ0n) is 14.9. The molecule has 6 heteroatoms. The molecule has 1 fully saturated rings. The van der Waals surface area contributed by atoms with E-state index in [2.05, 4.69) is 11.0 Å². The second-order valence-corrected chi connectivity index (χ2v) is 6.69. The summed E-state index contributed by atoms with van der Waals surface area (Å²) in [6.45, 7) is 1.61. The molecule has 0 aliphatic carbocycles. The smallest absolute Gasteiger partial charge is 0.319 e. The zero-order valence-corrected chi connectivity index (χ0v) is 14.9. The summed E-state index contributed by atoms with van der Waals surface area (Å²) in [4.78, 5) is 22.6. The predicted molar refractivity (Wildman–Crippen MR) is 98.5 cm³/mol. The Balaban J connectivity index is 1.88. The molecule has 3 rings (SSSR count). The van der Waals surface area contributed by atoms with E-state index in [0.717, 1.165) is 42.7 Å². The van der Waals surface area contributed by atoms with Gasteiger partial charge in [0.1, 0.15) is 5.82 Å². The Morgan fingerprint density at radius 1 is 1.32 bits per heavy atom. The summed E-state index contributed by atoms with van der Waals surface area (Å²) in [5.74, 6) is 0.811. The van der Waals surface area contributed by atoms with Crippen molar-refractivity contribution >= 4 is 22.8 Å². The van der Waals surface area contributed by atoms with E-state index < -0.39 is 0 Å². The topological polar surface area (TPSA) is 63.5 Å². The number of pyridine rings is 1. The van der Waals surface area contributed by atoms with Crippen LogP contribution in [0.3, 0.4) is 0 Å². The van der Waals surface area contributed by atoms with E-state index in [1.54, 1.807) is 23.9 Å². The summed E-state index contributed by atoms with van der Waals surface area (Å²) >= 11 is 0. The van der Waals surface area contributed by atoms with Gasteiger partial charge in [-0.2, -0.15) is 5.26 Å². The van der Waals surface area contributed by atoms with Gasteiger partial charge in [-0.05, 0) is 25.0 Å². The fourth-order valence-electron chi connectivity index (χ4n) is 3.37. The van der Waals surface area contributed by atoms with Gasteiger partial charge in [-0.25, -0.2) is 9.78 Å². The molecule has 2 aromatic rings. The first-order valence-corrected chi connectivity index (χ1v) is 8.50. The number of benzene rings is 1. The predicted octanol–water partition coefficient (Wildman–Crippen LogP) is 2.69. The third-order valence-electron chi connectivity index (χ3n) is 4.78. The van der Waals surface area contributed by atoms with Crippen molar-refractivity contribution in [2.75, 3.05) is 39.1 Å². The van der Waals surface area contributed by atoms with Crippen LogP contribution in [0.15, 0.2) is 30.3 Å². The molecule has 6 nitrogen and oxygen atoms in total. The SMILES string of the molecule is CN(C)C(=O)N(C)C1CCCN(c2cc(C#N)c3ccccc3n2)C1. The van der Waals surface area contributed by atoms with Crippen molar-refractivity contribution in [3.05, 3.63) is 35.9 Å². The fraction of sp³-hybridized carbons (Fsp3) is 0.421. The van der Waals surface area contributed by atoms with Crippen LogP contribution in [0.4, 0.5) is 10.6 Å². The largest absolute Gasteiger partial charge is 0.354 e. The highest BCUT2D eigenvalue weighted by atomic mass is 16.2. The van der Waals surface area contributed by atoms with Gasteiger partial charge in [-0.1, -0.05) is 18.2 Å². The lowest BCUT2D eigenvalue weighted by molar-refractivity contribution is 0.157. The van der Waals surface area contributed by atoms with E-state index in [1.807, 2.05) is 37.4 Å². The van der Waals surface area contributed by atoms with Gasteiger partial charge >= 0.3 is 6.03 Å². The number of fused-ring (bicyclic) bond motifs is 1. The summed E-state index contributed by atoms with van der Waals surface area (Å²) in [6, 6.07) is 12.0. The third kappa shape index (κ3) is 3.36.